The Bertz CT molecular complexity index is 769. The van der Waals surface area contributed by atoms with Crippen molar-refractivity contribution in [1.82, 2.24) is 4.57 Å². The van der Waals surface area contributed by atoms with E-state index in [2.05, 4.69) is 17.2 Å². The quantitative estimate of drug-likeness (QED) is 0.866. The van der Waals surface area contributed by atoms with Crippen molar-refractivity contribution in [3.8, 4) is 0 Å². The van der Waals surface area contributed by atoms with Crippen LogP contribution in [0.1, 0.15) is 17.5 Å². The summed E-state index contributed by atoms with van der Waals surface area (Å²) in [4.78, 5) is 0. The molecule has 2 N–H and O–H groups in total. The third-order valence-corrected chi connectivity index (χ3v) is 3.36. The largest absolute Gasteiger partial charge is 0.402 e. The van der Waals surface area contributed by atoms with Gasteiger partial charge in [-0.15, -0.1) is 0 Å². The Balaban J connectivity index is 2.06. The Labute approximate surface area is 111 Å². The molecule has 0 saturated heterocycles. The SMILES string of the molecule is C=c1cc2c(n1Cc1cccc(F)c1)=CCC(N)=C2. The molecule has 2 nitrogen and oxygen atoms in total. The maximum atomic E-state index is 13.2. The van der Waals surface area contributed by atoms with Crippen molar-refractivity contribution < 1.29 is 4.39 Å². The zero-order valence-electron chi connectivity index (χ0n) is 10.6. The molecule has 0 amide bonds. The first-order valence-corrected chi connectivity index (χ1v) is 6.22. The van der Waals surface area contributed by atoms with Gasteiger partial charge in [-0.25, -0.2) is 4.39 Å². The normalized spacial score (nSPS) is 13.6. The second-order valence-corrected chi connectivity index (χ2v) is 4.82. The van der Waals surface area contributed by atoms with E-state index in [1.54, 1.807) is 12.1 Å². The molecule has 19 heavy (non-hydrogen) atoms. The number of allylic oxidation sites excluding steroid dienone is 1. The molecular formula is C16H15FN2. The predicted octanol–water partition coefficient (Wildman–Crippen LogP) is 1.57. The molecule has 1 aliphatic rings. The van der Waals surface area contributed by atoms with Crippen LogP contribution >= 0.6 is 0 Å². The highest BCUT2D eigenvalue weighted by Crippen LogP contribution is 2.09. The minimum absolute atomic E-state index is 0.211. The van der Waals surface area contributed by atoms with Crippen LogP contribution in [0.25, 0.3) is 18.7 Å². The first-order chi connectivity index (χ1) is 9.13. The average Bonchev–Trinajstić information content (AvgIpc) is 2.65. The lowest BCUT2D eigenvalue weighted by molar-refractivity contribution is 0.622. The number of benzene rings is 1. The van der Waals surface area contributed by atoms with E-state index in [1.807, 2.05) is 18.2 Å². The molecule has 0 fully saturated rings. The lowest BCUT2D eigenvalue weighted by Gasteiger charge is -2.08. The molecule has 2 aromatic rings. The van der Waals surface area contributed by atoms with Crippen molar-refractivity contribution in [3.05, 3.63) is 63.7 Å². The molecule has 1 aromatic carbocycles. The Morgan fingerprint density at radius 1 is 1.32 bits per heavy atom. The average molecular weight is 254 g/mol. The van der Waals surface area contributed by atoms with Gasteiger partial charge in [0, 0.05) is 34.9 Å². The van der Waals surface area contributed by atoms with E-state index < -0.39 is 0 Å². The van der Waals surface area contributed by atoms with Gasteiger partial charge in [0.25, 0.3) is 0 Å². The van der Waals surface area contributed by atoms with Crippen LogP contribution in [-0.2, 0) is 6.54 Å². The van der Waals surface area contributed by atoms with E-state index in [1.165, 1.54) is 6.07 Å². The van der Waals surface area contributed by atoms with Gasteiger partial charge in [0.15, 0.2) is 0 Å². The van der Waals surface area contributed by atoms with Gasteiger partial charge < -0.3 is 10.3 Å². The summed E-state index contributed by atoms with van der Waals surface area (Å²) in [7, 11) is 0. The Morgan fingerprint density at radius 2 is 2.16 bits per heavy atom. The molecule has 0 unspecified atom stereocenters. The molecule has 0 bridgehead atoms. The van der Waals surface area contributed by atoms with E-state index in [9.17, 15) is 4.39 Å². The number of aromatic nitrogens is 1. The van der Waals surface area contributed by atoms with E-state index in [0.717, 1.165) is 33.9 Å². The fourth-order valence-electron chi connectivity index (χ4n) is 2.46. The number of rotatable bonds is 2. The summed E-state index contributed by atoms with van der Waals surface area (Å²) in [6.45, 7) is 4.67. The summed E-state index contributed by atoms with van der Waals surface area (Å²) in [5.41, 5.74) is 8.71. The zero-order chi connectivity index (χ0) is 13.4. The van der Waals surface area contributed by atoms with E-state index in [-0.39, 0.29) is 5.82 Å². The molecule has 1 aromatic heterocycles. The first kappa shape index (κ1) is 11.8. The molecule has 1 aliphatic carbocycles. The highest BCUT2D eigenvalue weighted by atomic mass is 19.1. The standard InChI is InChI=1S/C16H15FN2/c1-11-7-13-9-15(18)5-6-16(13)19(11)10-12-3-2-4-14(17)8-12/h2-4,6-9H,1,5,10,18H2. The Hall–Kier alpha value is -2.29. The van der Waals surface area contributed by atoms with Gasteiger partial charge in [-0.05, 0) is 29.8 Å². The Kier molecular flexibility index (Phi) is 2.75. The first-order valence-electron chi connectivity index (χ1n) is 6.22. The summed E-state index contributed by atoms with van der Waals surface area (Å²) >= 11 is 0. The van der Waals surface area contributed by atoms with Gasteiger partial charge >= 0.3 is 0 Å². The molecule has 0 atom stereocenters. The molecule has 0 aliphatic heterocycles. The lowest BCUT2D eigenvalue weighted by atomic mass is 10.1. The number of hydrogen-bond donors (Lipinski definition) is 1. The van der Waals surface area contributed by atoms with Crippen molar-refractivity contribution in [1.29, 1.82) is 0 Å². The number of nitrogens with zero attached hydrogens (tertiary/aromatic N) is 1. The van der Waals surface area contributed by atoms with Crippen LogP contribution in [0, 0.1) is 5.82 Å². The van der Waals surface area contributed by atoms with Crippen LogP contribution in [0.5, 0.6) is 0 Å². The Morgan fingerprint density at radius 3 is 2.95 bits per heavy atom. The molecule has 1 heterocycles. The van der Waals surface area contributed by atoms with Crippen molar-refractivity contribution in [2.75, 3.05) is 0 Å². The third kappa shape index (κ3) is 2.19. The van der Waals surface area contributed by atoms with E-state index in [0.29, 0.717) is 6.54 Å². The number of hydrogen-bond acceptors (Lipinski definition) is 1. The monoisotopic (exact) mass is 254 g/mol. The minimum Gasteiger partial charge on any atom is -0.402 e. The second kappa shape index (κ2) is 4.43. The smallest absolute Gasteiger partial charge is 0.123 e. The molecule has 3 rings (SSSR count). The van der Waals surface area contributed by atoms with Gasteiger partial charge in [0.1, 0.15) is 5.82 Å². The second-order valence-electron chi connectivity index (χ2n) is 4.82. The highest BCUT2D eigenvalue weighted by molar-refractivity contribution is 5.59. The van der Waals surface area contributed by atoms with E-state index >= 15 is 0 Å². The predicted molar refractivity (Wildman–Crippen MR) is 76.0 cm³/mol. The summed E-state index contributed by atoms with van der Waals surface area (Å²) in [5, 5.41) is 2.03. The molecular weight excluding hydrogens is 239 g/mol. The number of nitrogens with two attached hydrogens (primary N) is 1. The molecule has 0 radical (unpaired) electrons. The van der Waals surface area contributed by atoms with Gasteiger partial charge in [-0.1, -0.05) is 24.8 Å². The van der Waals surface area contributed by atoms with Crippen LogP contribution in [0.2, 0.25) is 0 Å². The molecule has 0 saturated carbocycles. The van der Waals surface area contributed by atoms with Crippen LogP contribution in [0.15, 0.2) is 36.0 Å². The minimum atomic E-state index is -0.211. The van der Waals surface area contributed by atoms with Crippen LogP contribution in [0.4, 0.5) is 4.39 Å². The highest BCUT2D eigenvalue weighted by Gasteiger charge is 2.08. The maximum Gasteiger partial charge on any atom is 0.123 e. The lowest BCUT2D eigenvalue weighted by Crippen LogP contribution is -2.28. The van der Waals surface area contributed by atoms with Gasteiger partial charge in [-0.2, -0.15) is 0 Å². The van der Waals surface area contributed by atoms with Crippen molar-refractivity contribution in [3.63, 3.8) is 0 Å². The molecule has 3 heteroatoms. The van der Waals surface area contributed by atoms with Gasteiger partial charge in [0.2, 0.25) is 0 Å². The van der Waals surface area contributed by atoms with E-state index in [4.69, 9.17) is 5.73 Å². The fourth-order valence-corrected chi connectivity index (χ4v) is 2.46. The summed E-state index contributed by atoms with van der Waals surface area (Å²) in [5.74, 6) is -0.211. The van der Waals surface area contributed by atoms with Crippen molar-refractivity contribution in [2.45, 2.75) is 13.0 Å². The van der Waals surface area contributed by atoms with Crippen LogP contribution in [0.3, 0.4) is 0 Å². The van der Waals surface area contributed by atoms with Gasteiger partial charge in [0.05, 0.1) is 0 Å². The third-order valence-electron chi connectivity index (χ3n) is 3.36. The maximum absolute atomic E-state index is 13.2. The summed E-state index contributed by atoms with van der Waals surface area (Å²) in [6.07, 6.45) is 4.82. The zero-order valence-corrected chi connectivity index (χ0v) is 10.6. The van der Waals surface area contributed by atoms with Crippen LogP contribution < -0.4 is 16.4 Å². The van der Waals surface area contributed by atoms with Crippen molar-refractivity contribution >= 4 is 18.7 Å². The summed E-state index contributed by atoms with van der Waals surface area (Å²) < 4.78 is 15.3. The van der Waals surface area contributed by atoms with Crippen molar-refractivity contribution in [2.24, 2.45) is 5.73 Å². The van der Waals surface area contributed by atoms with Gasteiger partial charge in [-0.3, -0.25) is 0 Å². The van der Waals surface area contributed by atoms with Crippen LogP contribution in [-0.4, -0.2) is 4.57 Å². The molecule has 96 valence electrons. The topological polar surface area (TPSA) is 30.9 Å². The summed E-state index contributed by atoms with van der Waals surface area (Å²) in [6, 6.07) is 8.66. The molecule has 0 spiro atoms. The fraction of sp³-hybridized carbons (Fsp3) is 0.125. The number of fused-ring (bicyclic) bond motifs is 1. The number of halogens is 1.